The maximum Gasteiger partial charge on any atom is 0.281 e. The molecule has 76 valence electrons. The van der Waals surface area contributed by atoms with E-state index in [4.69, 9.17) is 0 Å². The number of benzene rings is 1. The highest BCUT2D eigenvalue weighted by Gasteiger charge is 2.24. The molecule has 0 saturated heterocycles. The van der Waals surface area contributed by atoms with Crippen molar-refractivity contribution in [3.63, 3.8) is 0 Å². The first kappa shape index (κ1) is 10.5. The van der Waals surface area contributed by atoms with Gasteiger partial charge in [-0.25, -0.2) is 13.2 Å². The van der Waals surface area contributed by atoms with Crippen molar-refractivity contribution in [1.29, 1.82) is 0 Å². The van der Waals surface area contributed by atoms with Crippen LogP contribution in [-0.4, -0.2) is 4.92 Å². The molecule has 0 saturated carbocycles. The zero-order valence-corrected chi connectivity index (χ0v) is 7.13. The van der Waals surface area contributed by atoms with Gasteiger partial charge in [-0.1, -0.05) is 0 Å². The first-order chi connectivity index (χ1) is 6.43. The van der Waals surface area contributed by atoms with E-state index in [0.29, 0.717) is 6.07 Å². The van der Waals surface area contributed by atoms with Crippen molar-refractivity contribution in [3.8, 4) is 0 Å². The highest BCUT2D eigenvalue weighted by Crippen LogP contribution is 2.32. The number of nitro benzene ring substituents is 1. The highest BCUT2D eigenvalue weighted by atomic mass is 19.3. The molecule has 0 N–H and O–H groups in total. The third kappa shape index (κ3) is 1.84. The summed E-state index contributed by atoms with van der Waals surface area (Å²) in [6, 6.07) is 1.33. The number of rotatable bonds is 2. The number of nitrogens with zero attached hydrogens (tertiary/aromatic N) is 1. The predicted octanol–water partition coefficient (Wildman–Crippen LogP) is 2.98. The first-order valence-corrected chi connectivity index (χ1v) is 3.66. The summed E-state index contributed by atoms with van der Waals surface area (Å²) < 4.78 is 37.2. The minimum atomic E-state index is -3.05. The normalized spacial score (nSPS) is 10.6. The summed E-state index contributed by atoms with van der Waals surface area (Å²) in [4.78, 5) is 9.47. The first-order valence-electron chi connectivity index (χ1n) is 3.66. The highest BCUT2D eigenvalue weighted by molar-refractivity contribution is 5.48. The van der Waals surface area contributed by atoms with Gasteiger partial charge in [0.15, 0.2) is 0 Å². The van der Waals surface area contributed by atoms with E-state index in [1.165, 1.54) is 6.92 Å². The smallest absolute Gasteiger partial charge is 0.258 e. The minimum absolute atomic E-state index is 0.106. The van der Waals surface area contributed by atoms with Crippen LogP contribution < -0.4 is 0 Å². The second-order valence-corrected chi connectivity index (χ2v) is 2.72. The van der Waals surface area contributed by atoms with Crippen LogP contribution >= 0.6 is 0 Å². The maximum absolute atomic E-state index is 12.7. The minimum Gasteiger partial charge on any atom is -0.258 e. The van der Waals surface area contributed by atoms with E-state index in [-0.39, 0.29) is 5.56 Å². The van der Waals surface area contributed by atoms with Crippen molar-refractivity contribution in [2.45, 2.75) is 13.3 Å². The second-order valence-electron chi connectivity index (χ2n) is 2.72. The van der Waals surface area contributed by atoms with Crippen LogP contribution in [0.4, 0.5) is 18.9 Å². The zero-order chi connectivity index (χ0) is 10.9. The topological polar surface area (TPSA) is 43.1 Å². The lowest BCUT2D eigenvalue weighted by Crippen LogP contribution is -1.99. The molecule has 0 radical (unpaired) electrons. The van der Waals surface area contributed by atoms with Gasteiger partial charge in [-0.05, 0) is 19.1 Å². The van der Waals surface area contributed by atoms with E-state index in [1.54, 1.807) is 0 Å². The summed E-state index contributed by atoms with van der Waals surface area (Å²) in [7, 11) is 0. The SMILES string of the molecule is Cc1cc(F)cc(C(F)F)c1[N+](=O)[O-]. The average Bonchev–Trinajstić information content (AvgIpc) is 2.01. The fourth-order valence-corrected chi connectivity index (χ4v) is 1.18. The van der Waals surface area contributed by atoms with Crippen molar-refractivity contribution in [1.82, 2.24) is 0 Å². The molecule has 0 amide bonds. The molecule has 0 heterocycles. The molecule has 1 aromatic rings. The molecule has 0 spiro atoms. The van der Waals surface area contributed by atoms with Crippen molar-refractivity contribution >= 4 is 5.69 Å². The van der Waals surface area contributed by atoms with Crippen molar-refractivity contribution < 1.29 is 18.1 Å². The molecule has 0 aliphatic heterocycles. The second kappa shape index (κ2) is 3.65. The fourth-order valence-electron chi connectivity index (χ4n) is 1.18. The third-order valence-electron chi connectivity index (χ3n) is 1.71. The molecular formula is C8H6F3NO2. The van der Waals surface area contributed by atoms with E-state index in [0.717, 1.165) is 6.07 Å². The Labute approximate surface area is 77.3 Å². The molecule has 0 fully saturated rings. The van der Waals surface area contributed by atoms with Crippen molar-refractivity contribution in [2.75, 3.05) is 0 Å². The monoisotopic (exact) mass is 205 g/mol. The molecule has 0 aliphatic rings. The Morgan fingerprint density at radius 1 is 1.43 bits per heavy atom. The molecule has 0 bridgehead atoms. The number of hydrogen-bond donors (Lipinski definition) is 0. The number of halogens is 3. The third-order valence-corrected chi connectivity index (χ3v) is 1.71. The molecule has 1 aromatic carbocycles. The van der Waals surface area contributed by atoms with Gasteiger partial charge in [0, 0.05) is 5.56 Å². The summed E-state index contributed by atoms with van der Waals surface area (Å²) in [5, 5.41) is 10.4. The molecule has 3 nitrogen and oxygen atoms in total. The van der Waals surface area contributed by atoms with Crippen LogP contribution in [0.1, 0.15) is 17.6 Å². The average molecular weight is 205 g/mol. The van der Waals surface area contributed by atoms with Crippen LogP contribution in [0.15, 0.2) is 12.1 Å². The van der Waals surface area contributed by atoms with Crippen LogP contribution in [0.5, 0.6) is 0 Å². The number of alkyl halides is 2. The Morgan fingerprint density at radius 3 is 2.43 bits per heavy atom. The molecule has 0 aromatic heterocycles. The van der Waals surface area contributed by atoms with Crippen LogP contribution in [0.25, 0.3) is 0 Å². The summed E-state index contributed by atoms with van der Waals surface area (Å²) in [6.45, 7) is 1.22. The van der Waals surface area contributed by atoms with E-state index in [9.17, 15) is 23.3 Å². The van der Waals surface area contributed by atoms with Gasteiger partial charge in [0.25, 0.3) is 12.1 Å². The van der Waals surface area contributed by atoms with Crippen molar-refractivity contribution in [2.24, 2.45) is 0 Å². The summed E-state index contributed by atoms with van der Waals surface area (Å²) in [6.07, 6.45) is -3.05. The van der Waals surface area contributed by atoms with E-state index in [1.807, 2.05) is 0 Å². The Bertz CT molecular complexity index is 379. The molecule has 14 heavy (non-hydrogen) atoms. The summed E-state index contributed by atoms with van der Waals surface area (Å²) >= 11 is 0. The Morgan fingerprint density at radius 2 is 2.00 bits per heavy atom. The lowest BCUT2D eigenvalue weighted by atomic mass is 10.1. The quantitative estimate of drug-likeness (QED) is 0.550. The fraction of sp³-hybridized carbons (Fsp3) is 0.250. The molecule has 1 rings (SSSR count). The van der Waals surface area contributed by atoms with Gasteiger partial charge in [-0.2, -0.15) is 0 Å². The summed E-state index contributed by atoms with van der Waals surface area (Å²) in [5.41, 5.74) is -1.71. The van der Waals surface area contributed by atoms with Gasteiger partial charge in [0.1, 0.15) is 5.82 Å². The van der Waals surface area contributed by atoms with Gasteiger partial charge >= 0.3 is 0 Å². The lowest BCUT2D eigenvalue weighted by molar-refractivity contribution is -0.386. The standard InChI is InChI=1S/C8H6F3NO2/c1-4-2-5(9)3-6(8(10)11)7(4)12(13)14/h2-3,8H,1H3. The van der Waals surface area contributed by atoms with Crippen LogP contribution in [0, 0.1) is 22.9 Å². The number of hydrogen-bond acceptors (Lipinski definition) is 2. The largest absolute Gasteiger partial charge is 0.281 e. The van der Waals surface area contributed by atoms with Crippen LogP contribution in [-0.2, 0) is 0 Å². The Hall–Kier alpha value is -1.59. The van der Waals surface area contributed by atoms with Gasteiger partial charge < -0.3 is 0 Å². The van der Waals surface area contributed by atoms with E-state index >= 15 is 0 Å². The van der Waals surface area contributed by atoms with Crippen LogP contribution in [0.3, 0.4) is 0 Å². The predicted molar refractivity (Wildman–Crippen MR) is 42.7 cm³/mol. The Balaban J connectivity index is 3.44. The van der Waals surface area contributed by atoms with Crippen molar-refractivity contribution in [3.05, 3.63) is 39.2 Å². The lowest BCUT2D eigenvalue weighted by Gasteiger charge is -2.04. The van der Waals surface area contributed by atoms with Gasteiger partial charge in [0.05, 0.1) is 10.5 Å². The number of nitro groups is 1. The molecular weight excluding hydrogens is 199 g/mol. The van der Waals surface area contributed by atoms with Gasteiger partial charge in [0.2, 0.25) is 0 Å². The molecule has 6 heteroatoms. The van der Waals surface area contributed by atoms with E-state index in [2.05, 4.69) is 0 Å². The maximum atomic E-state index is 12.7. The summed E-state index contributed by atoms with van der Waals surface area (Å²) in [5.74, 6) is -0.900. The van der Waals surface area contributed by atoms with Gasteiger partial charge in [-0.15, -0.1) is 0 Å². The molecule has 0 unspecified atom stereocenters. The van der Waals surface area contributed by atoms with Crippen LogP contribution in [0.2, 0.25) is 0 Å². The van der Waals surface area contributed by atoms with E-state index < -0.39 is 28.4 Å². The number of aryl methyl sites for hydroxylation is 1. The molecule has 0 atom stereocenters. The molecule has 0 aliphatic carbocycles. The Kier molecular flexibility index (Phi) is 2.73. The van der Waals surface area contributed by atoms with Gasteiger partial charge in [-0.3, -0.25) is 10.1 Å². The zero-order valence-electron chi connectivity index (χ0n) is 7.13.